The summed E-state index contributed by atoms with van der Waals surface area (Å²) >= 11 is 0. The van der Waals surface area contributed by atoms with Crippen molar-refractivity contribution in [2.24, 2.45) is 0 Å². The van der Waals surface area contributed by atoms with Crippen LogP contribution in [0.5, 0.6) is 0 Å². The van der Waals surface area contributed by atoms with Gasteiger partial charge < -0.3 is 4.90 Å². The second-order valence-corrected chi connectivity index (χ2v) is 5.05. The summed E-state index contributed by atoms with van der Waals surface area (Å²) in [4.78, 5) is 1.82. The predicted octanol–water partition coefficient (Wildman–Crippen LogP) is 4.90. The predicted molar refractivity (Wildman–Crippen MR) is 79.4 cm³/mol. The third-order valence-corrected chi connectivity index (χ3v) is 3.16. The van der Waals surface area contributed by atoms with E-state index in [0.717, 1.165) is 23.4 Å². The Hall–Kier alpha value is -2.30. The molecule has 0 aromatic heterocycles. The summed E-state index contributed by atoms with van der Waals surface area (Å²) in [6.07, 6.45) is -2.59. The van der Waals surface area contributed by atoms with Crippen LogP contribution < -0.4 is 0 Å². The van der Waals surface area contributed by atoms with Gasteiger partial charge >= 0.3 is 6.18 Å². The van der Waals surface area contributed by atoms with Gasteiger partial charge in [0.25, 0.3) is 0 Å². The van der Waals surface area contributed by atoms with E-state index in [1.54, 1.807) is 18.2 Å². The zero-order valence-electron chi connectivity index (χ0n) is 12.2. The fourth-order valence-corrected chi connectivity index (χ4v) is 2.02. The summed E-state index contributed by atoms with van der Waals surface area (Å²) in [7, 11) is 3.64. The Labute approximate surface area is 126 Å². The fraction of sp³-hybridized carbons (Fsp3) is 0.176. The molecule has 2 aromatic rings. The number of nitrogens with zero attached hydrogens (tertiary/aromatic N) is 1. The smallest absolute Gasteiger partial charge is 0.377 e. The molecule has 0 saturated carbocycles. The first-order valence-corrected chi connectivity index (χ1v) is 6.59. The van der Waals surface area contributed by atoms with Gasteiger partial charge in [0.2, 0.25) is 0 Å². The van der Waals surface area contributed by atoms with E-state index in [1.165, 1.54) is 24.3 Å². The lowest BCUT2D eigenvalue weighted by molar-refractivity contribution is -0.137. The third-order valence-electron chi connectivity index (χ3n) is 3.16. The van der Waals surface area contributed by atoms with Gasteiger partial charge in [-0.15, -0.1) is 0 Å². The minimum atomic E-state index is -4.34. The zero-order valence-corrected chi connectivity index (χ0v) is 12.2. The van der Waals surface area contributed by atoms with Gasteiger partial charge in [0, 0.05) is 19.8 Å². The molecule has 0 aliphatic carbocycles. The second-order valence-electron chi connectivity index (χ2n) is 5.05. The van der Waals surface area contributed by atoms with Gasteiger partial charge in [-0.05, 0) is 53.6 Å². The Morgan fingerprint density at radius 2 is 1.45 bits per heavy atom. The van der Waals surface area contributed by atoms with E-state index >= 15 is 0 Å². The molecule has 0 N–H and O–H groups in total. The Kier molecular flexibility index (Phi) is 4.54. The van der Waals surface area contributed by atoms with Crippen LogP contribution in [0.4, 0.5) is 17.6 Å². The number of hydrogen-bond donors (Lipinski definition) is 0. The maximum Gasteiger partial charge on any atom is 0.416 e. The van der Waals surface area contributed by atoms with Crippen molar-refractivity contribution in [1.82, 2.24) is 4.90 Å². The van der Waals surface area contributed by atoms with E-state index in [9.17, 15) is 17.6 Å². The largest absolute Gasteiger partial charge is 0.416 e. The van der Waals surface area contributed by atoms with E-state index in [-0.39, 0.29) is 5.82 Å². The van der Waals surface area contributed by atoms with Gasteiger partial charge in [0.15, 0.2) is 0 Å². The van der Waals surface area contributed by atoms with E-state index in [0.29, 0.717) is 5.56 Å². The minimum Gasteiger partial charge on any atom is -0.377 e. The number of alkyl halides is 3. The molecule has 0 saturated heterocycles. The van der Waals surface area contributed by atoms with Crippen LogP contribution in [0.25, 0.3) is 11.8 Å². The average molecular weight is 309 g/mol. The van der Waals surface area contributed by atoms with E-state index in [2.05, 4.69) is 0 Å². The highest BCUT2D eigenvalue weighted by Crippen LogP contribution is 2.30. The van der Waals surface area contributed by atoms with Crippen molar-refractivity contribution >= 4 is 11.8 Å². The van der Waals surface area contributed by atoms with Crippen molar-refractivity contribution in [3.63, 3.8) is 0 Å². The first-order chi connectivity index (χ1) is 10.3. The van der Waals surface area contributed by atoms with Gasteiger partial charge in [-0.25, -0.2) is 4.39 Å². The fourth-order valence-electron chi connectivity index (χ4n) is 2.02. The maximum absolute atomic E-state index is 13.0. The van der Waals surface area contributed by atoms with Gasteiger partial charge in [0.1, 0.15) is 5.82 Å². The third kappa shape index (κ3) is 3.87. The number of rotatable bonds is 3. The lowest BCUT2D eigenvalue weighted by Gasteiger charge is -2.18. The van der Waals surface area contributed by atoms with Crippen LogP contribution in [0.3, 0.4) is 0 Å². The molecule has 0 amide bonds. The van der Waals surface area contributed by atoms with Crippen molar-refractivity contribution in [2.75, 3.05) is 14.1 Å². The highest BCUT2D eigenvalue weighted by Gasteiger charge is 2.29. The average Bonchev–Trinajstić information content (AvgIpc) is 2.45. The number of halogens is 4. The van der Waals surface area contributed by atoms with Crippen LogP contribution in [0, 0.1) is 5.82 Å². The molecule has 0 bridgehead atoms. The second kappa shape index (κ2) is 6.22. The molecule has 0 unspecified atom stereocenters. The summed E-state index contributed by atoms with van der Waals surface area (Å²) in [5.74, 6) is -0.337. The molecule has 22 heavy (non-hydrogen) atoms. The number of hydrogen-bond acceptors (Lipinski definition) is 1. The topological polar surface area (TPSA) is 3.24 Å². The van der Waals surface area contributed by atoms with Gasteiger partial charge in [-0.1, -0.05) is 12.1 Å². The molecule has 0 aliphatic heterocycles. The Morgan fingerprint density at radius 1 is 0.909 bits per heavy atom. The Morgan fingerprint density at radius 3 is 1.91 bits per heavy atom. The lowest BCUT2D eigenvalue weighted by atomic mass is 10.1. The van der Waals surface area contributed by atoms with Crippen LogP contribution in [0.1, 0.15) is 16.7 Å². The van der Waals surface area contributed by atoms with Crippen molar-refractivity contribution in [3.05, 3.63) is 71.0 Å². The molecule has 2 aromatic carbocycles. The SMILES string of the molecule is CN(C)/C(=C\c1ccc(C(F)(F)F)cc1)c1ccc(F)cc1. The summed E-state index contributed by atoms with van der Waals surface area (Å²) in [6.45, 7) is 0. The quantitative estimate of drug-likeness (QED) is 0.575. The summed E-state index contributed by atoms with van der Waals surface area (Å²) < 4.78 is 50.7. The lowest BCUT2D eigenvalue weighted by Crippen LogP contribution is -2.10. The normalized spacial score (nSPS) is 12.4. The van der Waals surface area contributed by atoms with Crippen LogP contribution in [-0.4, -0.2) is 19.0 Å². The van der Waals surface area contributed by atoms with Gasteiger partial charge in [-0.2, -0.15) is 13.2 Å². The summed E-state index contributed by atoms with van der Waals surface area (Å²) in [5, 5.41) is 0. The Bertz CT molecular complexity index is 653. The zero-order chi connectivity index (χ0) is 16.3. The van der Waals surface area contributed by atoms with Crippen molar-refractivity contribution in [3.8, 4) is 0 Å². The molecule has 0 radical (unpaired) electrons. The van der Waals surface area contributed by atoms with Crippen molar-refractivity contribution in [1.29, 1.82) is 0 Å². The molecule has 0 heterocycles. The summed E-state index contributed by atoms with van der Waals surface area (Å²) in [5.41, 5.74) is 1.52. The standard InChI is InChI=1S/C17H15F4N/c1-22(2)16(13-5-9-15(18)10-6-13)11-12-3-7-14(8-4-12)17(19,20)21/h3-11H,1-2H3/b16-11-. The molecule has 5 heteroatoms. The molecule has 0 atom stereocenters. The van der Waals surface area contributed by atoms with Crippen LogP contribution >= 0.6 is 0 Å². The van der Waals surface area contributed by atoms with Gasteiger partial charge in [0.05, 0.1) is 5.56 Å². The van der Waals surface area contributed by atoms with E-state index in [1.807, 2.05) is 19.0 Å². The molecule has 1 nitrogen and oxygen atoms in total. The molecule has 116 valence electrons. The van der Waals surface area contributed by atoms with Crippen molar-refractivity contribution < 1.29 is 17.6 Å². The molecule has 0 fully saturated rings. The van der Waals surface area contributed by atoms with Crippen LogP contribution in [-0.2, 0) is 6.18 Å². The minimum absolute atomic E-state index is 0.337. The van der Waals surface area contributed by atoms with Crippen molar-refractivity contribution in [2.45, 2.75) is 6.18 Å². The molecular weight excluding hydrogens is 294 g/mol. The monoisotopic (exact) mass is 309 g/mol. The van der Waals surface area contributed by atoms with E-state index < -0.39 is 11.7 Å². The highest BCUT2D eigenvalue weighted by atomic mass is 19.4. The first kappa shape index (κ1) is 16.1. The van der Waals surface area contributed by atoms with Crippen LogP contribution in [0.15, 0.2) is 48.5 Å². The first-order valence-electron chi connectivity index (χ1n) is 6.59. The van der Waals surface area contributed by atoms with Crippen LogP contribution in [0.2, 0.25) is 0 Å². The van der Waals surface area contributed by atoms with E-state index in [4.69, 9.17) is 0 Å². The molecule has 2 rings (SSSR count). The molecule has 0 aliphatic rings. The molecular formula is C17H15F4N. The maximum atomic E-state index is 13.0. The molecule has 0 spiro atoms. The number of benzene rings is 2. The summed E-state index contributed by atoms with van der Waals surface area (Å²) in [6, 6.07) is 10.9. The Balaban J connectivity index is 2.36. The highest BCUT2D eigenvalue weighted by molar-refractivity contribution is 5.80. The van der Waals surface area contributed by atoms with Gasteiger partial charge in [-0.3, -0.25) is 0 Å².